The number of sulfone groups is 1. The molecule has 12 heteroatoms. The first-order chi connectivity index (χ1) is 14.7. The maximum absolute atomic E-state index is 12.7. The number of nitrogens with one attached hydrogen (secondary N) is 2. The molecule has 0 radical (unpaired) electrons. The molecule has 31 heavy (non-hydrogen) atoms. The lowest BCUT2D eigenvalue weighted by atomic mass is 9.76. The molecule has 0 fully saturated rings. The molecule has 1 aromatic heterocycles. The van der Waals surface area contributed by atoms with Crippen molar-refractivity contribution in [3.05, 3.63) is 60.2 Å². The van der Waals surface area contributed by atoms with Gasteiger partial charge in [0.05, 0.1) is 17.9 Å². The zero-order valence-electron chi connectivity index (χ0n) is 17.0. The lowest BCUT2D eigenvalue weighted by Crippen LogP contribution is -2.56. The average molecular weight is 448 g/mol. The van der Waals surface area contributed by atoms with E-state index in [-0.39, 0.29) is 12.1 Å². The fraction of sp³-hybridized carbons (Fsp3) is 0.368. The Kier molecular flexibility index (Phi) is 9.10. The van der Waals surface area contributed by atoms with E-state index in [1.807, 2.05) is 30.3 Å². The van der Waals surface area contributed by atoms with Gasteiger partial charge in [0.25, 0.3) is 5.91 Å². The smallest absolute Gasteiger partial charge is 0.426 e. The molecule has 0 aliphatic rings. The molecule has 2 aromatic rings. The fourth-order valence-corrected chi connectivity index (χ4v) is 3.72. The SMILES string of the molecule is CS(=O)(=O)C[C@@H](NC(=O)c1cnccn1)C(=O)N[C@@H](CCCc1ccccc1)B(O)O. The van der Waals surface area contributed by atoms with Gasteiger partial charge < -0.3 is 20.7 Å². The van der Waals surface area contributed by atoms with Crippen molar-refractivity contribution in [2.75, 3.05) is 12.0 Å². The number of aromatic nitrogens is 2. The van der Waals surface area contributed by atoms with Gasteiger partial charge in [-0.05, 0) is 24.8 Å². The van der Waals surface area contributed by atoms with Crippen LogP contribution >= 0.6 is 0 Å². The number of rotatable bonds is 11. The van der Waals surface area contributed by atoms with E-state index < -0.39 is 46.5 Å². The Morgan fingerprint density at radius 3 is 2.42 bits per heavy atom. The lowest BCUT2D eigenvalue weighted by molar-refractivity contribution is -0.122. The van der Waals surface area contributed by atoms with Crippen LogP contribution < -0.4 is 10.6 Å². The number of benzene rings is 1. The van der Waals surface area contributed by atoms with Crippen LogP contribution in [0, 0.1) is 0 Å². The van der Waals surface area contributed by atoms with Crippen molar-refractivity contribution < 1.29 is 28.1 Å². The summed E-state index contributed by atoms with van der Waals surface area (Å²) in [5, 5.41) is 24.0. The number of carbonyl (C=O) groups excluding carboxylic acids is 2. The minimum Gasteiger partial charge on any atom is -0.426 e. The van der Waals surface area contributed by atoms with Crippen LogP contribution in [0.1, 0.15) is 28.9 Å². The van der Waals surface area contributed by atoms with E-state index >= 15 is 0 Å². The minimum atomic E-state index is -3.64. The van der Waals surface area contributed by atoms with Crippen LogP contribution in [0.25, 0.3) is 0 Å². The molecule has 0 aliphatic heterocycles. The predicted molar refractivity (Wildman–Crippen MR) is 114 cm³/mol. The Bertz CT molecular complexity index is 960. The second-order valence-corrected chi connectivity index (χ2v) is 9.30. The molecule has 4 N–H and O–H groups in total. The monoisotopic (exact) mass is 448 g/mol. The Balaban J connectivity index is 2.03. The fourth-order valence-electron chi connectivity index (χ4n) is 2.88. The van der Waals surface area contributed by atoms with Gasteiger partial charge in [-0.2, -0.15) is 0 Å². The van der Waals surface area contributed by atoms with Gasteiger partial charge >= 0.3 is 7.12 Å². The topological polar surface area (TPSA) is 159 Å². The highest BCUT2D eigenvalue weighted by Gasteiger charge is 2.31. The molecule has 2 amide bonds. The van der Waals surface area contributed by atoms with Crippen LogP contribution in [0.5, 0.6) is 0 Å². The maximum Gasteiger partial charge on any atom is 0.475 e. The summed E-state index contributed by atoms with van der Waals surface area (Å²) in [5.41, 5.74) is 0.974. The summed E-state index contributed by atoms with van der Waals surface area (Å²) in [5.74, 6) is -3.32. The maximum atomic E-state index is 12.7. The van der Waals surface area contributed by atoms with Gasteiger partial charge in [0, 0.05) is 18.6 Å². The van der Waals surface area contributed by atoms with E-state index in [2.05, 4.69) is 20.6 Å². The first-order valence-corrected chi connectivity index (χ1v) is 11.7. The van der Waals surface area contributed by atoms with Gasteiger partial charge in [-0.3, -0.25) is 14.6 Å². The molecule has 0 spiro atoms. The molecule has 0 aliphatic carbocycles. The van der Waals surface area contributed by atoms with Crippen LogP contribution in [0.15, 0.2) is 48.9 Å². The van der Waals surface area contributed by atoms with E-state index in [4.69, 9.17) is 0 Å². The molecule has 10 nitrogen and oxygen atoms in total. The van der Waals surface area contributed by atoms with Crippen molar-refractivity contribution in [2.24, 2.45) is 0 Å². The summed E-state index contributed by atoms with van der Waals surface area (Å²) < 4.78 is 23.5. The first kappa shape index (κ1) is 24.4. The number of aryl methyl sites for hydroxylation is 1. The highest BCUT2D eigenvalue weighted by Crippen LogP contribution is 2.08. The molecule has 166 valence electrons. The van der Waals surface area contributed by atoms with Crippen molar-refractivity contribution in [1.29, 1.82) is 0 Å². The molecule has 0 saturated heterocycles. The van der Waals surface area contributed by atoms with Gasteiger partial charge in [-0.1, -0.05) is 30.3 Å². The zero-order valence-corrected chi connectivity index (χ0v) is 17.8. The second-order valence-electron chi connectivity index (χ2n) is 7.12. The van der Waals surface area contributed by atoms with Crippen molar-refractivity contribution >= 4 is 28.8 Å². The van der Waals surface area contributed by atoms with Gasteiger partial charge in [0.1, 0.15) is 21.6 Å². The van der Waals surface area contributed by atoms with E-state index in [0.717, 1.165) is 11.8 Å². The summed E-state index contributed by atoms with van der Waals surface area (Å²) in [6.45, 7) is 0. The van der Waals surface area contributed by atoms with Crippen LogP contribution in [0.2, 0.25) is 0 Å². The Morgan fingerprint density at radius 2 is 1.84 bits per heavy atom. The standard InChI is InChI=1S/C19H25BN4O6S/c1-31(29,30)13-16(23-18(25)15-12-21-10-11-22-15)19(26)24-17(20(27)28)9-5-8-14-6-3-2-4-7-14/h2-4,6-7,10-12,16-17,27-28H,5,8-9,13H2,1H3,(H,23,25)(H,24,26)/t16-,17+/m1/s1. The van der Waals surface area contributed by atoms with E-state index in [0.29, 0.717) is 12.8 Å². The van der Waals surface area contributed by atoms with Gasteiger partial charge in [-0.15, -0.1) is 0 Å². The predicted octanol–water partition coefficient (Wildman–Crippen LogP) is -0.861. The lowest BCUT2D eigenvalue weighted by Gasteiger charge is -2.22. The number of carbonyl (C=O) groups is 2. The third-order valence-electron chi connectivity index (χ3n) is 4.40. The molecular formula is C19H25BN4O6S. The normalized spacial score (nSPS) is 13.1. The molecule has 2 atom stereocenters. The van der Waals surface area contributed by atoms with Crippen LogP contribution in [0.3, 0.4) is 0 Å². The molecule has 0 bridgehead atoms. The minimum absolute atomic E-state index is 0.0876. The van der Waals surface area contributed by atoms with E-state index in [1.165, 1.54) is 18.6 Å². The Morgan fingerprint density at radius 1 is 1.13 bits per heavy atom. The van der Waals surface area contributed by atoms with Crippen molar-refractivity contribution in [3.63, 3.8) is 0 Å². The summed E-state index contributed by atoms with van der Waals surface area (Å²) in [6.07, 6.45) is 6.20. The van der Waals surface area contributed by atoms with Gasteiger partial charge in [-0.25, -0.2) is 13.4 Å². The summed E-state index contributed by atoms with van der Waals surface area (Å²) >= 11 is 0. The Hall–Kier alpha value is -2.83. The highest BCUT2D eigenvalue weighted by atomic mass is 32.2. The van der Waals surface area contributed by atoms with Crippen molar-refractivity contribution in [3.8, 4) is 0 Å². The number of hydrogen-bond donors (Lipinski definition) is 4. The van der Waals surface area contributed by atoms with Crippen LogP contribution in [-0.4, -0.2) is 71.4 Å². The molecular weight excluding hydrogens is 423 g/mol. The second kappa shape index (κ2) is 11.5. The van der Waals surface area contributed by atoms with E-state index in [9.17, 15) is 28.1 Å². The van der Waals surface area contributed by atoms with Crippen LogP contribution in [-0.2, 0) is 21.1 Å². The molecule has 2 rings (SSSR count). The third-order valence-corrected chi connectivity index (χ3v) is 5.34. The number of amides is 2. The van der Waals surface area contributed by atoms with Crippen molar-refractivity contribution in [1.82, 2.24) is 20.6 Å². The summed E-state index contributed by atoms with van der Waals surface area (Å²) in [4.78, 5) is 32.6. The Labute approximate surface area is 181 Å². The third kappa shape index (κ3) is 8.83. The van der Waals surface area contributed by atoms with Crippen molar-refractivity contribution in [2.45, 2.75) is 31.2 Å². The average Bonchev–Trinajstić information content (AvgIpc) is 2.72. The van der Waals surface area contributed by atoms with E-state index in [1.54, 1.807) is 0 Å². The molecule has 1 aromatic carbocycles. The first-order valence-electron chi connectivity index (χ1n) is 9.61. The van der Waals surface area contributed by atoms with Gasteiger partial charge in [0.2, 0.25) is 5.91 Å². The summed E-state index contributed by atoms with van der Waals surface area (Å²) in [7, 11) is -5.49. The number of nitrogens with zero attached hydrogens (tertiary/aromatic N) is 2. The number of hydrogen-bond acceptors (Lipinski definition) is 8. The highest BCUT2D eigenvalue weighted by molar-refractivity contribution is 7.90. The largest absolute Gasteiger partial charge is 0.475 e. The summed E-state index contributed by atoms with van der Waals surface area (Å²) in [6, 6.07) is 8.11. The molecule has 0 saturated carbocycles. The quantitative estimate of drug-likeness (QED) is 0.323. The molecule has 0 unspecified atom stereocenters. The van der Waals surface area contributed by atoms with Gasteiger partial charge in [0.15, 0.2) is 0 Å². The zero-order chi connectivity index (χ0) is 22.9. The van der Waals surface area contributed by atoms with Crippen LogP contribution in [0.4, 0.5) is 0 Å². The molecule has 1 heterocycles.